The first kappa shape index (κ1) is 14.0. The summed E-state index contributed by atoms with van der Waals surface area (Å²) in [5.41, 5.74) is 1.10. The van der Waals surface area contributed by atoms with Crippen molar-refractivity contribution in [1.29, 1.82) is 0 Å². The summed E-state index contributed by atoms with van der Waals surface area (Å²) in [5, 5.41) is 10.5. The molecular weight excluding hydrogens is 234 g/mol. The highest BCUT2D eigenvalue weighted by Crippen LogP contribution is 2.15. The van der Waals surface area contributed by atoms with Gasteiger partial charge in [0.1, 0.15) is 12.3 Å². The van der Waals surface area contributed by atoms with E-state index in [9.17, 15) is 9.59 Å². The fraction of sp³-hybridized carbons (Fsp3) is 0.385. The van der Waals surface area contributed by atoms with Gasteiger partial charge in [0.05, 0.1) is 0 Å². The minimum absolute atomic E-state index is 0.423. The van der Waals surface area contributed by atoms with E-state index in [1.54, 1.807) is 12.1 Å². The van der Waals surface area contributed by atoms with Gasteiger partial charge in [0.15, 0.2) is 0 Å². The number of rotatable bonds is 6. The third-order valence-corrected chi connectivity index (χ3v) is 2.31. The first-order valence-corrected chi connectivity index (χ1v) is 5.88. The lowest BCUT2D eigenvalue weighted by Gasteiger charge is -2.06. The SMILES string of the molecule is CCCCc1cccc(OC(=O)NCC(=O)O)c1. The van der Waals surface area contributed by atoms with Gasteiger partial charge in [-0.05, 0) is 30.5 Å². The van der Waals surface area contributed by atoms with Gasteiger partial charge in [-0.25, -0.2) is 4.79 Å². The number of aryl methyl sites for hydroxylation is 1. The summed E-state index contributed by atoms with van der Waals surface area (Å²) in [7, 11) is 0. The number of ether oxygens (including phenoxy) is 1. The van der Waals surface area contributed by atoms with Gasteiger partial charge in [0.2, 0.25) is 0 Å². The Morgan fingerprint density at radius 1 is 1.39 bits per heavy atom. The number of unbranched alkanes of at least 4 members (excludes halogenated alkanes) is 1. The standard InChI is InChI=1S/C13H17NO4/c1-2-3-5-10-6-4-7-11(8-10)18-13(17)14-9-12(15)16/h4,6-8H,2-3,5,9H2,1H3,(H,14,17)(H,15,16). The maximum Gasteiger partial charge on any atom is 0.413 e. The summed E-state index contributed by atoms with van der Waals surface area (Å²) in [6.07, 6.45) is 2.36. The largest absolute Gasteiger partial charge is 0.480 e. The van der Waals surface area contributed by atoms with Crippen molar-refractivity contribution in [3.8, 4) is 5.75 Å². The summed E-state index contributed by atoms with van der Waals surface area (Å²) in [5.74, 6) is -0.685. The molecule has 0 heterocycles. The lowest BCUT2D eigenvalue weighted by molar-refractivity contribution is -0.135. The zero-order valence-electron chi connectivity index (χ0n) is 10.3. The molecule has 0 saturated carbocycles. The van der Waals surface area contributed by atoms with E-state index < -0.39 is 18.6 Å². The van der Waals surface area contributed by atoms with Crippen LogP contribution in [0.2, 0.25) is 0 Å². The molecule has 5 nitrogen and oxygen atoms in total. The number of benzene rings is 1. The maximum absolute atomic E-state index is 11.2. The first-order chi connectivity index (χ1) is 8.61. The van der Waals surface area contributed by atoms with Crippen molar-refractivity contribution in [3.05, 3.63) is 29.8 Å². The first-order valence-electron chi connectivity index (χ1n) is 5.88. The van der Waals surface area contributed by atoms with Gasteiger partial charge in [-0.1, -0.05) is 25.5 Å². The van der Waals surface area contributed by atoms with Crippen LogP contribution in [0.3, 0.4) is 0 Å². The Morgan fingerprint density at radius 2 is 2.17 bits per heavy atom. The number of carboxylic acid groups (broad SMARTS) is 1. The highest BCUT2D eigenvalue weighted by atomic mass is 16.6. The summed E-state index contributed by atoms with van der Waals surface area (Å²) in [6.45, 7) is 1.66. The number of hydrogen-bond acceptors (Lipinski definition) is 3. The third-order valence-electron chi connectivity index (χ3n) is 2.31. The number of aliphatic carboxylic acids is 1. The Labute approximate surface area is 106 Å². The van der Waals surface area contributed by atoms with Crippen LogP contribution >= 0.6 is 0 Å². The third kappa shape index (κ3) is 5.34. The van der Waals surface area contributed by atoms with E-state index in [0.717, 1.165) is 24.8 Å². The zero-order chi connectivity index (χ0) is 13.4. The van der Waals surface area contributed by atoms with Crippen LogP contribution in [0.25, 0.3) is 0 Å². The minimum Gasteiger partial charge on any atom is -0.480 e. The van der Waals surface area contributed by atoms with Crippen molar-refractivity contribution in [3.63, 3.8) is 0 Å². The fourth-order valence-electron chi connectivity index (χ4n) is 1.44. The van der Waals surface area contributed by atoms with E-state index >= 15 is 0 Å². The molecule has 1 aromatic carbocycles. The average Bonchev–Trinajstić information content (AvgIpc) is 2.34. The lowest BCUT2D eigenvalue weighted by atomic mass is 10.1. The molecule has 0 spiro atoms. The zero-order valence-corrected chi connectivity index (χ0v) is 10.3. The molecule has 98 valence electrons. The van der Waals surface area contributed by atoms with Crippen molar-refractivity contribution >= 4 is 12.1 Å². The van der Waals surface area contributed by atoms with E-state index in [0.29, 0.717) is 5.75 Å². The molecule has 0 unspecified atom stereocenters. The van der Waals surface area contributed by atoms with E-state index in [-0.39, 0.29) is 0 Å². The number of nitrogens with one attached hydrogen (secondary N) is 1. The van der Waals surface area contributed by atoms with E-state index in [4.69, 9.17) is 9.84 Å². The van der Waals surface area contributed by atoms with Crippen LogP contribution in [-0.2, 0) is 11.2 Å². The molecule has 0 bridgehead atoms. The number of amides is 1. The van der Waals surface area contributed by atoms with Crippen molar-refractivity contribution < 1.29 is 19.4 Å². The maximum atomic E-state index is 11.2. The quantitative estimate of drug-likeness (QED) is 0.812. The number of carboxylic acids is 1. The number of carbonyl (C=O) groups excluding carboxylic acids is 1. The Morgan fingerprint density at radius 3 is 2.83 bits per heavy atom. The van der Waals surface area contributed by atoms with Crippen LogP contribution in [0, 0.1) is 0 Å². The molecule has 0 aliphatic rings. The molecule has 0 aromatic heterocycles. The summed E-state index contributed by atoms with van der Waals surface area (Å²) in [4.78, 5) is 21.5. The van der Waals surface area contributed by atoms with Gasteiger partial charge >= 0.3 is 12.1 Å². The van der Waals surface area contributed by atoms with Crippen LogP contribution in [0.4, 0.5) is 4.79 Å². The normalized spacial score (nSPS) is 9.83. The smallest absolute Gasteiger partial charge is 0.413 e. The molecule has 0 atom stereocenters. The van der Waals surface area contributed by atoms with Gasteiger partial charge in [0, 0.05) is 0 Å². The van der Waals surface area contributed by atoms with Crippen LogP contribution in [0.5, 0.6) is 5.75 Å². The summed E-state index contributed by atoms with van der Waals surface area (Å²) in [6, 6.07) is 7.23. The molecular formula is C13H17NO4. The van der Waals surface area contributed by atoms with Gasteiger partial charge in [0.25, 0.3) is 0 Å². The highest BCUT2D eigenvalue weighted by Gasteiger charge is 2.06. The predicted octanol–water partition coefficient (Wildman–Crippen LogP) is 2.20. The molecule has 0 radical (unpaired) electrons. The summed E-state index contributed by atoms with van der Waals surface area (Å²) >= 11 is 0. The number of carbonyl (C=O) groups is 2. The van der Waals surface area contributed by atoms with Crippen LogP contribution in [0.1, 0.15) is 25.3 Å². The summed E-state index contributed by atoms with van der Waals surface area (Å²) < 4.78 is 4.97. The Bertz CT molecular complexity index is 417. The van der Waals surface area contributed by atoms with Gasteiger partial charge in [-0.15, -0.1) is 0 Å². The average molecular weight is 251 g/mol. The van der Waals surface area contributed by atoms with E-state index in [1.807, 2.05) is 12.1 Å². The predicted molar refractivity (Wildman–Crippen MR) is 66.7 cm³/mol. The molecule has 0 saturated heterocycles. The van der Waals surface area contributed by atoms with Crippen molar-refractivity contribution in [1.82, 2.24) is 5.32 Å². The highest BCUT2D eigenvalue weighted by molar-refractivity contribution is 5.77. The Hall–Kier alpha value is -2.04. The number of hydrogen-bond donors (Lipinski definition) is 2. The Balaban J connectivity index is 2.50. The van der Waals surface area contributed by atoms with Gasteiger partial charge in [-0.2, -0.15) is 0 Å². The molecule has 0 aliphatic heterocycles. The van der Waals surface area contributed by atoms with E-state index in [2.05, 4.69) is 12.2 Å². The van der Waals surface area contributed by atoms with E-state index in [1.165, 1.54) is 0 Å². The Kier molecular flexibility index (Phi) is 5.70. The molecule has 0 fully saturated rings. The fourth-order valence-corrected chi connectivity index (χ4v) is 1.44. The molecule has 1 aromatic rings. The van der Waals surface area contributed by atoms with Crippen molar-refractivity contribution in [2.45, 2.75) is 26.2 Å². The van der Waals surface area contributed by atoms with Crippen molar-refractivity contribution in [2.75, 3.05) is 6.54 Å². The molecule has 5 heteroatoms. The molecule has 0 aliphatic carbocycles. The monoisotopic (exact) mass is 251 g/mol. The second kappa shape index (κ2) is 7.32. The van der Waals surface area contributed by atoms with Gasteiger partial charge in [-0.3, -0.25) is 4.79 Å². The molecule has 18 heavy (non-hydrogen) atoms. The minimum atomic E-state index is -1.11. The molecule has 2 N–H and O–H groups in total. The molecule has 1 amide bonds. The van der Waals surface area contributed by atoms with Crippen LogP contribution in [-0.4, -0.2) is 23.7 Å². The lowest BCUT2D eigenvalue weighted by Crippen LogP contribution is -2.31. The second-order valence-corrected chi connectivity index (χ2v) is 3.89. The topological polar surface area (TPSA) is 75.6 Å². The molecule has 1 rings (SSSR count). The van der Waals surface area contributed by atoms with Crippen LogP contribution < -0.4 is 10.1 Å². The van der Waals surface area contributed by atoms with Gasteiger partial charge < -0.3 is 15.2 Å². The van der Waals surface area contributed by atoms with Crippen molar-refractivity contribution in [2.24, 2.45) is 0 Å². The second-order valence-electron chi connectivity index (χ2n) is 3.89. The van der Waals surface area contributed by atoms with Crippen LogP contribution in [0.15, 0.2) is 24.3 Å².